The minimum Gasteiger partial charge on any atom is -0.396 e. The lowest BCUT2D eigenvalue weighted by atomic mass is 9.95. The molecule has 0 saturated carbocycles. The first kappa shape index (κ1) is 21.3. The molecule has 8 nitrogen and oxygen atoms in total. The number of allylic oxidation sites excluding steroid dienone is 1. The number of carbonyl (C=O) groups is 1. The van der Waals surface area contributed by atoms with Gasteiger partial charge in [-0.25, -0.2) is 9.67 Å². The predicted octanol–water partition coefficient (Wildman–Crippen LogP) is 3.83. The van der Waals surface area contributed by atoms with Gasteiger partial charge in [0.15, 0.2) is 5.82 Å². The topological polar surface area (TPSA) is 105 Å². The van der Waals surface area contributed by atoms with Gasteiger partial charge in [-0.2, -0.15) is 10.1 Å². The molecule has 0 fully saturated rings. The van der Waals surface area contributed by atoms with Crippen LogP contribution < -0.4 is 10.6 Å². The molecule has 160 valence electrons. The number of nitrogens with one attached hydrogen (secondary N) is 2. The van der Waals surface area contributed by atoms with Crippen molar-refractivity contribution < 1.29 is 9.90 Å². The molecule has 2 aromatic heterocycles. The number of pyridine rings is 1. The van der Waals surface area contributed by atoms with E-state index in [4.69, 9.17) is 28.3 Å². The van der Waals surface area contributed by atoms with Crippen LogP contribution in [0, 0.1) is 0 Å². The maximum Gasteiger partial charge on any atom is 0.257 e. The van der Waals surface area contributed by atoms with Gasteiger partial charge in [0.2, 0.25) is 5.95 Å². The molecule has 1 aliphatic rings. The molecule has 3 N–H and O–H groups in total. The van der Waals surface area contributed by atoms with Gasteiger partial charge in [-0.1, -0.05) is 41.4 Å². The lowest BCUT2D eigenvalue weighted by Gasteiger charge is -2.29. The molecule has 10 heteroatoms. The van der Waals surface area contributed by atoms with Crippen molar-refractivity contribution >= 4 is 40.9 Å². The highest BCUT2D eigenvalue weighted by atomic mass is 35.5. The van der Waals surface area contributed by atoms with Crippen LogP contribution in [0.15, 0.2) is 53.9 Å². The van der Waals surface area contributed by atoms with E-state index in [0.29, 0.717) is 57.3 Å². The lowest BCUT2D eigenvalue weighted by molar-refractivity contribution is -0.113. The summed E-state index contributed by atoms with van der Waals surface area (Å²) < 4.78 is 1.63. The maximum absolute atomic E-state index is 13.3. The van der Waals surface area contributed by atoms with Crippen LogP contribution in [-0.2, 0) is 11.2 Å². The lowest BCUT2D eigenvalue weighted by Crippen LogP contribution is -2.32. The number of fused-ring (bicyclic) bond motifs is 1. The number of rotatable bonds is 6. The van der Waals surface area contributed by atoms with Crippen molar-refractivity contribution in [3.05, 3.63) is 75.3 Å². The summed E-state index contributed by atoms with van der Waals surface area (Å²) >= 11 is 12.8. The van der Waals surface area contributed by atoms with Gasteiger partial charge in [-0.3, -0.25) is 4.79 Å². The van der Waals surface area contributed by atoms with Crippen molar-refractivity contribution in [2.45, 2.75) is 25.8 Å². The number of hydrogen-bond acceptors (Lipinski definition) is 6. The quantitative estimate of drug-likeness (QED) is 0.518. The van der Waals surface area contributed by atoms with Crippen LogP contribution in [0.5, 0.6) is 0 Å². The van der Waals surface area contributed by atoms with Gasteiger partial charge in [0.25, 0.3) is 5.91 Å². The van der Waals surface area contributed by atoms with Crippen LogP contribution in [0.25, 0.3) is 0 Å². The second kappa shape index (κ2) is 9.05. The molecule has 0 bridgehead atoms. The van der Waals surface area contributed by atoms with Crippen molar-refractivity contribution in [1.82, 2.24) is 19.7 Å². The summed E-state index contributed by atoms with van der Waals surface area (Å²) in [6.45, 7) is 1.83. The summed E-state index contributed by atoms with van der Waals surface area (Å²) in [4.78, 5) is 22.0. The first-order valence-electron chi connectivity index (χ1n) is 9.70. The molecule has 3 heterocycles. The van der Waals surface area contributed by atoms with Gasteiger partial charge in [0.05, 0.1) is 15.6 Å². The fourth-order valence-electron chi connectivity index (χ4n) is 3.47. The van der Waals surface area contributed by atoms with Crippen molar-refractivity contribution in [2.75, 3.05) is 17.2 Å². The summed E-state index contributed by atoms with van der Waals surface area (Å²) in [6, 6.07) is 9.89. The Labute approximate surface area is 188 Å². The fraction of sp³-hybridized carbons (Fsp3) is 0.238. The van der Waals surface area contributed by atoms with E-state index in [0.717, 1.165) is 0 Å². The molecular weight excluding hydrogens is 439 g/mol. The fourth-order valence-corrected chi connectivity index (χ4v) is 3.88. The SMILES string of the molecule is CC1=C(C(=O)Nc2ccccn2)C(c2cccc(Cl)c2Cl)n2nc(CCCO)nc2N1. The van der Waals surface area contributed by atoms with Crippen LogP contribution >= 0.6 is 23.2 Å². The van der Waals surface area contributed by atoms with Crippen LogP contribution in [-0.4, -0.2) is 37.4 Å². The van der Waals surface area contributed by atoms with Crippen LogP contribution in [0.1, 0.15) is 30.8 Å². The number of anilines is 2. The minimum absolute atomic E-state index is 0.0376. The molecule has 0 radical (unpaired) electrons. The summed E-state index contributed by atoms with van der Waals surface area (Å²) in [5.41, 5.74) is 1.66. The molecule has 1 aromatic carbocycles. The first-order valence-corrected chi connectivity index (χ1v) is 10.5. The molecule has 1 atom stereocenters. The van der Waals surface area contributed by atoms with Gasteiger partial charge in [0.1, 0.15) is 11.9 Å². The summed E-state index contributed by atoms with van der Waals surface area (Å²) in [6.07, 6.45) is 2.64. The van der Waals surface area contributed by atoms with Gasteiger partial charge in [-0.15, -0.1) is 0 Å². The monoisotopic (exact) mass is 458 g/mol. The zero-order chi connectivity index (χ0) is 22.0. The Morgan fingerprint density at radius 3 is 2.84 bits per heavy atom. The van der Waals surface area contributed by atoms with Crippen LogP contribution in [0.3, 0.4) is 0 Å². The van der Waals surface area contributed by atoms with E-state index in [1.54, 1.807) is 48.1 Å². The molecule has 4 rings (SSSR count). The third kappa shape index (κ3) is 4.27. The van der Waals surface area contributed by atoms with Gasteiger partial charge in [0, 0.05) is 30.5 Å². The standard InChI is InChI=1S/C21H20Cl2N6O2/c1-12-17(20(31)26-15-8-2-3-10-24-15)19(13-6-4-7-14(22)18(13)23)29-21(25-12)27-16(28-29)9-5-11-30/h2-4,6-8,10,19,30H,5,9,11H2,1H3,(H,24,26,31)(H,25,27,28). The molecule has 0 saturated heterocycles. The number of hydrogen-bond donors (Lipinski definition) is 3. The Hall–Kier alpha value is -2.94. The number of aliphatic hydroxyl groups is 1. The van der Waals surface area contributed by atoms with Crippen molar-refractivity contribution in [3.63, 3.8) is 0 Å². The number of carbonyl (C=O) groups excluding carboxylic acids is 1. The molecule has 1 amide bonds. The number of benzene rings is 1. The Bertz CT molecular complexity index is 1150. The van der Waals surface area contributed by atoms with Crippen LogP contribution in [0.4, 0.5) is 11.8 Å². The zero-order valence-corrected chi connectivity index (χ0v) is 18.2. The Morgan fingerprint density at radius 1 is 1.26 bits per heavy atom. The number of aryl methyl sites for hydroxylation is 1. The molecule has 3 aromatic rings. The molecule has 1 unspecified atom stereocenters. The third-order valence-electron chi connectivity index (χ3n) is 4.88. The minimum atomic E-state index is -0.651. The Kier molecular flexibility index (Phi) is 6.22. The van der Waals surface area contributed by atoms with Crippen LogP contribution in [0.2, 0.25) is 10.0 Å². The average Bonchev–Trinajstić information content (AvgIpc) is 3.16. The van der Waals surface area contributed by atoms with E-state index in [2.05, 4.69) is 25.7 Å². The second-order valence-electron chi connectivity index (χ2n) is 7.00. The second-order valence-corrected chi connectivity index (χ2v) is 7.79. The summed E-state index contributed by atoms with van der Waals surface area (Å²) in [7, 11) is 0. The van der Waals surface area contributed by atoms with E-state index in [9.17, 15) is 4.79 Å². The third-order valence-corrected chi connectivity index (χ3v) is 5.72. The largest absolute Gasteiger partial charge is 0.396 e. The van der Waals surface area contributed by atoms with E-state index in [1.165, 1.54) is 0 Å². The van der Waals surface area contributed by atoms with Crippen molar-refractivity contribution in [1.29, 1.82) is 0 Å². The summed E-state index contributed by atoms with van der Waals surface area (Å²) in [5.74, 6) is 1.12. The first-order chi connectivity index (χ1) is 15.0. The smallest absolute Gasteiger partial charge is 0.257 e. The summed E-state index contributed by atoms with van der Waals surface area (Å²) in [5, 5.41) is 20.4. The van der Waals surface area contributed by atoms with E-state index < -0.39 is 6.04 Å². The number of amides is 1. The Balaban J connectivity index is 1.81. The molecule has 31 heavy (non-hydrogen) atoms. The molecule has 1 aliphatic heterocycles. The number of aliphatic hydroxyl groups excluding tert-OH is 1. The molecule has 0 aliphatic carbocycles. The maximum atomic E-state index is 13.3. The highest BCUT2D eigenvalue weighted by molar-refractivity contribution is 6.42. The normalized spacial score (nSPS) is 15.4. The van der Waals surface area contributed by atoms with E-state index in [1.807, 2.05) is 6.07 Å². The predicted molar refractivity (Wildman–Crippen MR) is 119 cm³/mol. The number of nitrogens with zero attached hydrogens (tertiary/aromatic N) is 4. The van der Waals surface area contributed by atoms with Crippen molar-refractivity contribution in [2.24, 2.45) is 0 Å². The molecule has 0 spiro atoms. The van der Waals surface area contributed by atoms with Gasteiger partial charge >= 0.3 is 0 Å². The Morgan fingerprint density at radius 2 is 2.10 bits per heavy atom. The highest BCUT2D eigenvalue weighted by Gasteiger charge is 2.35. The highest BCUT2D eigenvalue weighted by Crippen LogP contribution is 2.40. The van der Waals surface area contributed by atoms with Gasteiger partial charge < -0.3 is 15.7 Å². The molecular formula is C21H20Cl2N6O2. The number of aromatic nitrogens is 4. The zero-order valence-electron chi connectivity index (χ0n) is 16.6. The van der Waals surface area contributed by atoms with E-state index >= 15 is 0 Å². The average molecular weight is 459 g/mol. The van der Waals surface area contributed by atoms with Gasteiger partial charge in [-0.05, 0) is 31.5 Å². The van der Waals surface area contributed by atoms with Crippen molar-refractivity contribution in [3.8, 4) is 0 Å². The number of halogens is 2. The van der Waals surface area contributed by atoms with E-state index in [-0.39, 0.29) is 12.5 Å².